The fourth-order valence-corrected chi connectivity index (χ4v) is 7.32. The molecule has 2 unspecified atom stereocenters. The van der Waals surface area contributed by atoms with Gasteiger partial charge in [0, 0.05) is 18.2 Å². The SMILES string of the molecule is CCC1CC(C(=O)O)CCN1Cc1c(OC2CCC3(CCCCC3)CC2)cc(C)c2ccccc12. The third-order valence-electron chi connectivity index (χ3n) is 9.54. The summed E-state index contributed by atoms with van der Waals surface area (Å²) >= 11 is 0. The minimum atomic E-state index is -0.638. The molecule has 190 valence electrons. The van der Waals surface area contributed by atoms with E-state index in [-0.39, 0.29) is 5.92 Å². The molecule has 4 nitrogen and oxygen atoms in total. The molecule has 3 fully saturated rings. The van der Waals surface area contributed by atoms with Crippen LogP contribution in [0.2, 0.25) is 0 Å². The van der Waals surface area contributed by atoms with Crippen molar-refractivity contribution in [3.05, 3.63) is 41.5 Å². The molecule has 1 N–H and O–H groups in total. The molecule has 1 heterocycles. The van der Waals surface area contributed by atoms with Gasteiger partial charge < -0.3 is 9.84 Å². The van der Waals surface area contributed by atoms with Crippen LogP contribution in [0, 0.1) is 18.3 Å². The van der Waals surface area contributed by atoms with E-state index in [0.29, 0.717) is 17.6 Å². The largest absolute Gasteiger partial charge is 0.490 e. The van der Waals surface area contributed by atoms with Gasteiger partial charge in [0.05, 0.1) is 12.0 Å². The highest BCUT2D eigenvalue weighted by molar-refractivity contribution is 5.90. The first-order valence-electron chi connectivity index (χ1n) is 14.1. The van der Waals surface area contributed by atoms with Crippen molar-refractivity contribution in [1.29, 1.82) is 0 Å². The predicted octanol–water partition coefficient (Wildman–Crippen LogP) is 7.50. The third kappa shape index (κ3) is 5.23. The zero-order valence-corrected chi connectivity index (χ0v) is 21.7. The van der Waals surface area contributed by atoms with Crippen LogP contribution in [-0.2, 0) is 11.3 Å². The maximum absolute atomic E-state index is 11.6. The van der Waals surface area contributed by atoms with Gasteiger partial charge in [-0.25, -0.2) is 0 Å². The summed E-state index contributed by atoms with van der Waals surface area (Å²) in [4.78, 5) is 14.2. The molecule has 2 atom stereocenters. The Balaban J connectivity index is 1.39. The second-order valence-electron chi connectivity index (χ2n) is 11.7. The highest BCUT2D eigenvalue weighted by atomic mass is 16.5. The predicted molar refractivity (Wildman–Crippen MR) is 142 cm³/mol. The first kappa shape index (κ1) is 24.6. The lowest BCUT2D eigenvalue weighted by Gasteiger charge is -2.43. The summed E-state index contributed by atoms with van der Waals surface area (Å²) in [5.74, 6) is 0.206. The summed E-state index contributed by atoms with van der Waals surface area (Å²) in [6.07, 6.45) is 14.8. The number of hydrogen-bond acceptors (Lipinski definition) is 3. The number of aryl methyl sites for hydroxylation is 1. The smallest absolute Gasteiger partial charge is 0.306 e. The first-order chi connectivity index (χ1) is 17.0. The quantitative estimate of drug-likeness (QED) is 0.468. The zero-order chi connectivity index (χ0) is 24.4. The maximum Gasteiger partial charge on any atom is 0.306 e. The minimum Gasteiger partial charge on any atom is -0.490 e. The highest BCUT2D eigenvalue weighted by Crippen LogP contribution is 2.48. The van der Waals surface area contributed by atoms with E-state index in [1.54, 1.807) is 0 Å². The molecule has 2 aromatic rings. The molecule has 2 aliphatic carbocycles. The van der Waals surface area contributed by atoms with Crippen molar-refractivity contribution in [2.24, 2.45) is 11.3 Å². The summed E-state index contributed by atoms with van der Waals surface area (Å²) in [5.41, 5.74) is 3.16. The molecule has 1 spiro atoms. The Hall–Kier alpha value is -2.07. The van der Waals surface area contributed by atoms with Crippen molar-refractivity contribution in [2.75, 3.05) is 6.54 Å². The van der Waals surface area contributed by atoms with Crippen LogP contribution in [0.3, 0.4) is 0 Å². The molecule has 0 radical (unpaired) electrons. The number of fused-ring (bicyclic) bond motifs is 1. The molecule has 3 aliphatic rings. The van der Waals surface area contributed by atoms with Gasteiger partial charge >= 0.3 is 5.97 Å². The molecule has 0 amide bonds. The monoisotopic (exact) mass is 477 g/mol. The molecule has 1 aliphatic heterocycles. The number of likely N-dealkylation sites (tertiary alicyclic amines) is 1. The van der Waals surface area contributed by atoms with Crippen LogP contribution in [0.1, 0.15) is 95.1 Å². The molecule has 2 aromatic carbocycles. The summed E-state index contributed by atoms with van der Waals surface area (Å²) in [7, 11) is 0. The molecule has 0 bridgehead atoms. The molecule has 4 heteroatoms. The molecule has 35 heavy (non-hydrogen) atoms. The number of nitrogens with zero attached hydrogens (tertiary/aromatic N) is 1. The van der Waals surface area contributed by atoms with Crippen molar-refractivity contribution >= 4 is 16.7 Å². The Morgan fingerprint density at radius 1 is 1.06 bits per heavy atom. The number of hydrogen-bond donors (Lipinski definition) is 1. The zero-order valence-electron chi connectivity index (χ0n) is 21.7. The lowest BCUT2D eigenvalue weighted by atomic mass is 9.65. The lowest BCUT2D eigenvalue weighted by Crippen LogP contribution is -2.43. The van der Waals surface area contributed by atoms with Crippen LogP contribution < -0.4 is 4.74 Å². The normalized spacial score (nSPS) is 25.7. The summed E-state index contributed by atoms with van der Waals surface area (Å²) in [6.45, 7) is 6.06. The Morgan fingerprint density at radius 2 is 1.77 bits per heavy atom. The van der Waals surface area contributed by atoms with Crippen LogP contribution in [0.15, 0.2) is 30.3 Å². The molecule has 0 aromatic heterocycles. The van der Waals surface area contributed by atoms with Gasteiger partial charge in [0.15, 0.2) is 0 Å². The van der Waals surface area contributed by atoms with Crippen LogP contribution >= 0.6 is 0 Å². The standard InChI is InChI=1S/C31H43NO3/c1-3-24-20-23(30(33)34)13-18-32(24)21-28-27-10-6-5-9-26(27)22(2)19-29(28)35-25-11-16-31(17-12-25)14-7-4-8-15-31/h5-6,9-10,19,23-25H,3-4,7-8,11-18,20-21H2,1-2H3,(H,33,34). The van der Waals surface area contributed by atoms with Crippen molar-refractivity contribution in [3.8, 4) is 5.75 Å². The average Bonchev–Trinajstić information content (AvgIpc) is 2.88. The van der Waals surface area contributed by atoms with Crippen LogP contribution in [0.4, 0.5) is 0 Å². The van der Waals surface area contributed by atoms with E-state index in [1.807, 2.05) is 0 Å². The van der Waals surface area contributed by atoms with E-state index in [0.717, 1.165) is 38.1 Å². The van der Waals surface area contributed by atoms with Gasteiger partial charge in [-0.1, -0.05) is 50.5 Å². The van der Waals surface area contributed by atoms with Crippen molar-refractivity contribution < 1.29 is 14.6 Å². The number of benzene rings is 2. The fraction of sp³-hybridized carbons (Fsp3) is 0.645. The Morgan fingerprint density at radius 3 is 2.46 bits per heavy atom. The molecule has 2 saturated carbocycles. The van der Waals surface area contributed by atoms with Gasteiger partial charge in [-0.15, -0.1) is 0 Å². The van der Waals surface area contributed by atoms with Crippen LogP contribution in [0.5, 0.6) is 5.75 Å². The van der Waals surface area contributed by atoms with E-state index in [9.17, 15) is 9.90 Å². The number of aliphatic carboxylic acids is 1. The topological polar surface area (TPSA) is 49.8 Å². The van der Waals surface area contributed by atoms with Crippen molar-refractivity contribution in [3.63, 3.8) is 0 Å². The first-order valence-corrected chi connectivity index (χ1v) is 14.1. The van der Waals surface area contributed by atoms with E-state index in [2.05, 4.69) is 49.1 Å². The number of carboxylic acid groups (broad SMARTS) is 1. The van der Waals surface area contributed by atoms with E-state index < -0.39 is 5.97 Å². The number of rotatable bonds is 6. The van der Waals surface area contributed by atoms with Gasteiger partial charge in [0.2, 0.25) is 0 Å². The van der Waals surface area contributed by atoms with Gasteiger partial charge in [0.25, 0.3) is 0 Å². The van der Waals surface area contributed by atoms with Gasteiger partial charge in [-0.3, -0.25) is 9.69 Å². The second kappa shape index (κ2) is 10.5. The Labute approximate surface area is 211 Å². The molecular weight excluding hydrogens is 434 g/mol. The summed E-state index contributed by atoms with van der Waals surface area (Å²) in [5, 5.41) is 12.2. The number of carbonyl (C=O) groups is 1. The second-order valence-corrected chi connectivity index (χ2v) is 11.7. The van der Waals surface area contributed by atoms with Crippen molar-refractivity contribution in [2.45, 2.75) is 110 Å². The highest BCUT2D eigenvalue weighted by Gasteiger charge is 2.37. The fourth-order valence-electron chi connectivity index (χ4n) is 7.32. The summed E-state index contributed by atoms with van der Waals surface area (Å²) in [6, 6.07) is 11.3. The van der Waals surface area contributed by atoms with Gasteiger partial charge in [-0.05, 0) is 99.1 Å². The van der Waals surface area contributed by atoms with Crippen LogP contribution in [-0.4, -0.2) is 34.7 Å². The van der Waals surface area contributed by atoms with Gasteiger partial charge in [0.1, 0.15) is 5.75 Å². The lowest BCUT2D eigenvalue weighted by molar-refractivity contribution is -0.144. The average molecular weight is 478 g/mol. The minimum absolute atomic E-state index is 0.212. The molecule has 5 rings (SSSR count). The van der Waals surface area contributed by atoms with E-state index >= 15 is 0 Å². The Kier molecular flexibility index (Phi) is 7.39. The number of ether oxygens (including phenoxy) is 1. The van der Waals surface area contributed by atoms with Crippen molar-refractivity contribution in [1.82, 2.24) is 4.90 Å². The maximum atomic E-state index is 11.6. The molecular formula is C31H43NO3. The van der Waals surface area contributed by atoms with E-state index in [4.69, 9.17) is 4.74 Å². The molecule has 1 saturated heterocycles. The Bertz CT molecular complexity index is 1030. The number of carboxylic acids is 1. The third-order valence-corrected chi connectivity index (χ3v) is 9.54. The van der Waals surface area contributed by atoms with E-state index in [1.165, 1.54) is 79.7 Å². The number of piperidine rings is 1. The summed E-state index contributed by atoms with van der Waals surface area (Å²) < 4.78 is 6.86. The van der Waals surface area contributed by atoms with Gasteiger partial charge in [-0.2, -0.15) is 0 Å². The van der Waals surface area contributed by atoms with Crippen LogP contribution in [0.25, 0.3) is 10.8 Å².